The lowest BCUT2D eigenvalue weighted by Gasteiger charge is -2.23. The van der Waals surface area contributed by atoms with Crippen LogP contribution in [0.15, 0.2) is 18.2 Å². The van der Waals surface area contributed by atoms with E-state index in [4.69, 9.17) is 4.74 Å². The van der Waals surface area contributed by atoms with Gasteiger partial charge in [0.2, 0.25) is 0 Å². The molecule has 0 radical (unpaired) electrons. The van der Waals surface area contributed by atoms with Crippen molar-refractivity contribution >= 4 is 5.91 Å². The molecule has 1 saturated heterocycles. The minimum atomic E-state index is 0.0471. The van der Waals surface area contributed by atoms with Crippen LogP contribution < -0.4 is 15.4 Å². The minimum absolute atomic E-state index is 0.0471. The van der Waals surface area contributed by atoms with Crippen LogP contribution in [0.25, 0.3) is 0 Å². The van der Waals surface area contributed by atoms with E-state index >= 15 is 0 Å². The lowest BCUT2D eigenvalue weighted by atomic mass is 9.97. The number of piperidine rings is 1. The van der Waals surface area contributed by atoms with Crippen molar-refractivity contribution < 1.29 is 9.53 Å². The molecule has 0 spiro atoms. The molecule has 1 aromatic rings. The summed E-state index contributed by atoms with van der Waals surface area (Å²) in [5, 5.41) is 6.44. The van der Waals surface area contributed by atoms with Gasteiger partial charge in [-0.1, -0.05) is 6.07 Å². The van der Waals surface area contributed by atoms with Crippen molar-refractivity contribution in [1.29, 1.82) is 0 Å². The number of hydrogen-bond donors (Lipinski definition) is 2. The molecule has 2 aliphatic heterocycles. The number of benzene rings is 1. The Morgan fingerprint density at radius 3 is 3.05 bits per heavy atom. The van der Waals surface area contributed by atoms with Gasteiger partial charge in [-0.25, -0.2) is 0 Å². The summed E-state index contributed by atoms with van der Waals surface area (Å²) in [6, 6.07) is 5.77. The Kier molecular flexibility index (Phi) is 4.21. The van der Waals surface area contributed by atoms with Crippen molar-refractivity contribution in [1.82, 2.24) is 10.6 Å². The first-order valence-corrected chi connectivity index (χ1v) is 7.58. The van der Waals surface area contributed by atoms with Crippen LogP contribution in [-0.4, -0.2) is 32.1 Å². The van der Waals surface area contributed by atoms with Crippen LogP contribution in [0.3, 0.4) is 0 Å². The molecular weight excluding hydrogens is 252 g/mol. The first-order valence-electron chi connectivity index (χ1n) is 7.58. The van der Waals surface area contributed by atoms with Crippen LogP contribution in [0.2, 0.25) is 0 Å². The smallest absolute Gasteiger partial charge is 0.251 e. The van der Waals surface area contributed by atoms with Gasteiger partial charge in [-0.15, -0.1) is 0 Å². The number of amides is 1. The summed E-state index contributed by atoms with van der Waals surface area (Å²) in [6.45, 7) is 3.67. The van der Waals surface area contributed by atoms with Crippen molar-refractivity contribution in [3.8, 4) is 5.75 Å². The number of nitrogens with one attached hydrogen (secondary N) is 2. The minimum Gasteiger partial charge on any atom is -0.493 e. The van der Waals surface area contributed by atoms with Gasteiger partial charge >= 0.3 is 0 Å². The summed E-state index contributed by atoms with van der Waals surface area (Å²) in [5.74, 6) is 1.53. The van der Waals surface area contributed by atoms with Gasteiger partial charge in [-0.05, 0) is 56.8 Å². The molecule has 3 rings (SSSR count). The van der Waals surface area contributed by atoms with E-state index in [0.717, 1.165) is 68.8 Å². The van der Waals surface area contributed by atoms with E-state index in [1.165, 1.54) is 0 Å². The lowest BCUT2D eigenvalue weighted by molar-refractivity contribution is 0.0942. The van der Waals surface area contributed by atoms with E-state index in [-0.39, 0.29) is 5.91 Å². The van der Waals surface area contributed by atoms with Gasteiger partial charge in [0.25, 0.3) is 5.91 Å². The first-order chi connectivity index (χ1) is 9.84. The summed E-state index contributed by atoms with van der Waals surface area (Å²) >= 11 is 0. The monoisotopic (exact) mass is 274 g/mol. The van der Waals surface area contributed by atoms with Gasteiger partial charge in [0.15, 0.2) is 0 Å². The van der Waals surface area contributed by atoms with Gasteiger partial charge in [-0.3, -0.25) is 4.79 Å². The Morgan fingerprint density at radius 2 is 2.20 bits per heavy atom. The fourth-order valence-electron chi connectivity index (χ4n) is 3.02. The number of ether oxygens (including phenoxy) is 1. The summed E-state index contributed by atoms with van der Waals surface area (Å²) < 4.78 is 5.62. The van der Waals surface area contributed by atoms with E-state index < -0.39 is 0 Å². The molecule has 0 saturated carbocycles. The zero-order chi connectivity index (χ0) is 13.8. The van der Waals surface area contributed by atoms with E-state index in [0.29, 0.717) is 5.92 Å². The second-order valence-corrected chi connectivity index (χ2v) is 5.64. The van der Waals surface area contributed by atoms with Crippen LogP contribution in [0.4, 0.5) is 0 Å². The third-order valence-electron chi connectivity index (χ3n) is 4.22. The zero-order valence-electron chi connectivity index (χ0n) is 11.8. The molecule has 20 heavy (non-hydrogen) atoms. The predicted octanol–water partition coefficient (Wildman–Crippen LogP) is 1.74. The van der Waals surface area contributed by atoms with Gasteiger partial charge in [0.1, 0.15) is 5.75 Å². The van der Waals surface area contributed by atoms with Gasteiger partial charge < -0.3 is 15.4 Å². The largest absolute Gasteiger partial charge is 0.493 e. The van der Waals surface area contributed by atoms with Gasteiger partial charge in [0.05, 0.1) is 6.61 Å². The van der Waals surface area contributed by atoms with Crippen LogP contribution in [0.5, 0.6) is 5.75 Å². The van der Waals surface area contributed by atoms with Crippen LogP contribution in [0, 0.1) is 5.92 Å². The third-order valence-corrected chi connectivity index (χ3v) is 4.22. The number of carbonyl (C=O) groups is 1. The molecule has 4 nitrogen and oxygen atoms in total. The Morgan fingerprint density at radius 1 is 1.35 bits per heavy atom. The van der Waals surface area contributed by atoms with Gasteiger partial charge in [0, 0.05) is 17.7 Å². The Labute approximate surface area is 119 Å². The van der Waals surface area contributed by atoms with E-state index in [2.05, 4.69) is 10.6 Å². The maximum absolute atomic E-state index is 12.4. The molecule has 1 amide bonds. The normalized spacial score (nSPS) is 19.0. The molecule has 108 valence electrons. The van der Waals surface area contributed by atoms with Crippen LogP contribution in [-0.2, 0) is 6.42 Å². The van der Waals surface area contributed by atoms with Crippen molar-refractivity contribution in [3.63, 3.8) is 0 Å². The van der Waals surface area contributed by atoms with Crippen molar-refractivity contribution in [2.75, 3.05) is 26.2 Å². The van der Waals surface area contributed by atoms with Crippen molar-refractivity contribution in [2.24, 2.45) is 5.92 Å². The second-order valence-electron chi connectivity index (χ2n) is 5.64. The fourth-order valence-corrected chi connectivity index (χ4v) is 3.02. The lowest BCUT2D eigenvalue weighted by Crippen LogP contribution is -2.36. The number of rotatable bonds is 3. The molecule has 0 atom stereocenters. The molecule has 4 heteroatoms. The molecule has 0 bridgehead atoms. The molecule has 2 N–H and O–H groups in total. The van der Waals surface area contributed by atoms with E-state index in [9.17, 15) is 4.79 Å². The molecule has 2 heterocycles. The fraction of sp³-hybridized carbons (Fsp3) is 0.562. The van der Waals surface area contributed by atoms with Gasteiger partial charge in [-0.2, -0.15) is 0 Å². The average Bonchev–Trinajstić information content (AvgIpc) is 2.53. The SMILES string of the molecule is O=C(NCC1CCNCC1)c1cccc2c1CCCO2. The summed E-state index contributed by atoms with van der Waals surface area (Å²) in [4.78, 5) is 12.4. The molecular formula is C16H22N2O2. The second kappa shape index (κ2) is 6.27. The summed E-state index contributed by atoms with van der Waals surface area (Å²) in [6.07, 6.45) is 4.23. The quantitative estimate of drug-likeness (QED) is 0.883. The van der Waals surface area contributed by atoms with E-state index in [1.54, 1.807) is 0 Å². The van der Waals surface area contributed by atoms with E-state index in [1.807, 2.05) is 18.2 Å². The Bertz CT molecular complexity index is 481. The molecule has 1 aromatic carbocycles. The topological polar surface area (TPSA) is 50.4 Å². The first kappa shape index (κ1) is 13.4. The number of carbonyl (C=O) groups excluding carboxylic acids is 1. The molecule has 0 aromatic heterocycles. The molecule has 1 fully saturated rings. The van der Waals surface area contributed by atoms with Crippen LogP contribution >= 0.6 is 0 Å². The molecule has 2 aliphatic rings. The zero-order valence-corrected chi connectivity index (χ0v) is 11.8. The number of hydrogen-bond acceptors (Lipinski definition) is 3. The maximum atomic E-state index is 12.4. The Hall–Kier alpha value is -1.55. The summed E-state index contributed by atoms with van der Waals surface area (Å²) in [7, 11) is 0. The third kappa shape index (κ3) is 2.96. The van der Waals surface area contributed by atoms with Crippen molar-refractivity contribution in [2.45, 2.75) is 25.7 Å². The number of fused-ring (bicyclic) bond motifs is 1. The summed E-state index contributed by atoms with van der Waals surface area (Å²) in [5.41, 5.74) is 1.86. The predicted molar refractivity (Wildman–Crippen MR) is 78.2 cm³/mol. The molecule has 0 aliphatic carbocycles. The maximum Gasteiger partial charge on any atom is 0.251 e. The van der Waals surface area contributed by atoms with Crippen molar-refractivity contribution in [3.05, 3.63) is 29.3 Å². The average molecular weight is 274 g/mol. The Balaban J connectivity index is 1.64. The highest BCUT2D eigenvalue weighted by atomic mass is 16.5. The highest BCUT2D eigenvalue weighted by Crippen LogP contribution is 2.27. The van der Waals surface area contributed by atoms with Crippen LogP contribution in [0.1, 0.15) is 35.2 Å². The highest BCUT2D eigenvalue weighted by Gasteiger charge is 2.20. The standard InChI is InChI=1S/C16H22N2O2/c19-16(18-11-12-6-8-17-9-7-12)14-3-1-5-15-13(14)4-2-10-20-15/h1,3,5,12,17H,2,4,6-11H2,(H,18,19). The highest BCUT2D eigenvalue weighted by molar-refractivity contribution is 5.96. The molecule has 0 unspecified atom stereocenters.